The number of ether oxygens (including phenoxy) is 11. The molecule has 0 radical (unpaired) electrons. The number of carbonyl (C=O) groups excluding carboxylic acids is 8. The number of benzene rings is 4. The van der Waals surface area contributed by atoms with E-state index in [2.05, 4.69) is 57.1 Å². The molecule has 6 heterocycles. The number of hydrogen-bond acceptors (Lipinski definition) is 23. The topological polar surface area (TPSA) is 315 Å². The van der Waals surface area contributed by atoms with E-state index in [1.165, 1.54) is 10.6 Å². The van der Waals surface area contributed by atoms with Crippen LogP contribution in [0.4, 0.5) is 22.7 Å². The fraction of sp³-hybridized carbons (Fsp3) is 0.548. The number of nitrogens with one attached hydrogen (secondary N) is 3. The molecule has 113 heavy (non-hydrogen) atoms. The predicted molar refractivity (Wildman–Crippen MR) is 426 cm³/mol. The Bertz CT molecular complexity index is 4010. The summed E-state index contributed by atoms with van der Waals surface area (Å²) in [6, 6.07) is 21.7. The molecule has 29 nitrogen and oxygen atoms in total. The van der Waals surface area contributed by atoms with Crippen LogP contribution in [0.2, 0.25) is 0 Å². The van der Waals surface area contributed by atoms with Crippen molar-refractivity contribution >= 4 is 93.5 Å². The number of piperazine rings is 1. The van der Waals surface area contributed by atoms with E-state index >= 15 is 0 Å². The van der Waals surface area contributed by atoms with E-state index in [4.69, 9.17) is 62.1 Å². The number of amides is 7. The van der Waals surface area contributed by atoms with Gasteiger partial charge in [0.15, 0.2) is 17.3 Å². The number of aliphatic imine (C=N–C) groups is 2. The number of aryl methyl sites for hydroxylation is 1. The molecule has 1 unspecified atom stereocenters. The first-order valence-electron chi connectivity index (χ1n) is 39.5. The van der Waals surface area contributed by atoms with Crippen LogP contribution >= 0.6 is 0 Å². The highest BCUT2D eigenvalue weighted by Gasteiger charge is 2.41. The van der Waals surface area contributed by atoms with Crippen LogP contribution in [-0.4, -0.2) is 270 Å². The van der Waals surface area contributed by atoms with Crippen LogP contribution in [0.25, 0.3) is 11.1 Å². The number of methoxy groups -OCH3 is 1. The normalized spacial score (nSPS) is 17.9. The lowest BCUT2D eigenvalue weighted by atomic mass is 9.92. The van der Waals surface area contributed by atoms with Gasteiger partial charge in [0.05, 0.1) is 167 Å². The molecule has 29 heteroatoms. The van der Waals surface area contributed by atoms with E-state index in [0.717, 1.165) is 54.0 Å². The minimum absolute atomic E-state index is 0.0446. The average Bonchev–Trinajstić information content (AvgIpc) is 1.45. The van der Waals surface area contributed by atoms with Crippen LogP contribution in [0.3, 0.4) is 0 Å². The van der Waals surface area contributed by atoms with Gasteiger partial charge in [-0.1, -0.05) is 58.9 Å². The summed E-state index contributed by atoms with van der Waals surface area (Å²) < 4.78 is 62.5. The fourth-order valence-electron chi connectivity index (χ4n) is 13.8. The molecule has 2 saturated heterocycles. The van der Waals surface area contributed by atoms with E-state index in [1.54, 1.807) is 60.4 Å². The Kier molecular flexibility index (Phi) is 33.4. The van der Waals surface area contributed by atoms with E-state index in [9.17, 15) is 38.4 Å². The molecule has 612 valence electrons. The third-order valence-electron chi connectivity index (χ3n) is 20.4. The number of nitrogens with zero attached hydrogens (tertiary/aromatic N) is 7. The van der Waals surface area contributed by atoms with Crippen molar-refractivity contribution in [1.82, 2.24) is 30.2 Å². The minimum Gasteiger partial charge on any atom is -0.493 e. The zero-order valence-electron chi connectivity index (χ0n) is 66.6. The van der Waals surface area contributed by atoms with Gasteiger partial charge in [0.1, 0.15) is 5.75 Å². The Balaban J connectivity index is 0.529. The first kappa shape index (κ1) is 86.1. The van der Waals surface area contributed by atoms with Gasteiger partial charge in [0.25, 0.3) is 11.8 Å². The van der Waals surface area contributed by atoms with Gasteiger partial charge in [0, 0.05) is 144 Å². The number of likely N-dealkylation sites (N-methyl/N-ethyl adjacent to an activating group) is 1. The highest BCUT2D eigenvalue weighted by atomic mass is 16.6. The largest absolute Gasteiger partial charge is 0.493 e. The average molecular weight is 1570 g/mol. The van der Waals surface area contributed by atoms with Crippen molar-refractivity contribution in [1.29, 1.82) is 0 Å². The maximum absolute atomic E-state index is 14.2. The van der Waals surface area contributed by atoms with Crippen LogP contribution in [0.1, 0.15) is 117 Å². The summed E-state index contributed by atoms with van der Waals surface area (Å²) in [6.07, 6.45) is 9.37. The van der Waals surface area contributed by atoms with Gasteiger partial charge in [-0.3, -0.25) is 53.2 Å². The molecular weight excluding hydrogens is 1450 g/mol. The van der Waals surface area contributed by atoms with Crippen molar-refractivity contribution in [3.05, 3.63) is 113 Å². The van der Waals surface area contributed by atoms with Gasteiger partial charge in [0.2, 0.25) is 29.5 Å². The summed E-state index contributed by atoms with van der Waals surface area (Å²) in [5.74, 6) is -1.54. The fourth-order valence-corrected chi connectivity index (χ4v) is 13.8. The summed E-state index contributed by atoms with van der Waals surface area (Å²) in [6.45, 7) is 21.9. The third kappa shape index (κ3) is 25.1. The zero-order valence-corrected chi connectivity index (χ0v) is 66.6. The number of Topliss-reactive ketones (excluding diaryl/α,β-unsaturated/α-hetero) is 1. The summed E-state index contributed by atoms with van der Waals surface area (Å²) in [7, 11) is 3.70. The maximum Gasteiger partial charge on any atom is 0.260 e. The molecular formula is C84H112N10O19. The van der Waals surface area contributed by atoms with E-state index in [-0.39, 0.29) is 122 Å². The van der Waals surface area contributed by atoms with Crippen LogP contribution in [-0.2, 0) is 66.7 Å². The molecule has 0 saturated carbocycles. The number of rotatable bonds is 48. The van der Waals surface area contributed by atoms with Crippen LogP contribution < -0.4 is 35.1 Å². The second kappa shape index (κ2) is 43.8. The first-order valence-corrected chi connectivity index (χ1v) is 39.5. The standard InChI is InChI=1S/C84H112N10O19/c1-56(2)68-49-79(98)92(82(68)100)21-18-77(96)85-20-29-105-31-33-107-35-37-109-39-41-111-43-42-110-40-38-108-36-34-106-32-30-104-28-19-78(97)89-80(57(3)4)73(95)45-59(6)81(99)88-64-14-10-60(11-15-64)62-46-66-52-86-71-50-74(58(5)44-69(71)83(101)93(66)54-62)112-26-9-27-113-76-51-72-70(48-75(76)103-8)84(102)94-55-63(47-67(94)53-87-72)61-12-16-65(17-13-61)91-24-22-90(7)23-25-91/h10-17,44,48,50-57,59,66-68,80H,9,18-43,45-47,49H2,1-8H3,(H,85,96)(H,88,99)(H,89,97)/t59-,66+,67+,68?,80+/m1/s1. The lowest BCUT2D eigenvalue weighted by molar-refractivity contribution is -0.140. The minimum atomic E-state index is -0.785. The van der Waals surface area contributed by atoms with Crippen molar-refractivity contribution in [2.24, 2.45) is 33.7 Å². The molecule has 4 aromatic carbocycles. The van der Waals surface area contributed by atoms with Crippen molar-refractivity contribution < 1.29 is 90.5 Å². The monoisotopic (exact) mass is 1560 g/mol. The molecule has 10 rings (SSSR count). The van der Waals surface area contributed by atoms with Gasteiger partial charge >= 0.3 is 0 Å². The maximum atomic E-state index is 14.2. The van der Waals surface area contributed by atoms with Gasteiger partial charge in [-0.25, -0.2) is 0 Å². The first-order chi connectivity index (χ1) is 54.7. The highest BCUT2D eigenvalue weighted by Crippen LogP contribution is 2.42. The summed E-state index contributed by atoms with van der Waals surface area (Å²) >= 11 is 0. The Morgan fingerprint density at radius 3 is 1.56 bits per heavy atom. The molecule has 6 aliphatic rings. The Labute approximate surface area is 662 Å². The SMILES string of the molecule is COc1cc2c(cc1OCCCOc1cc3c(cc1C)C(=O)N1C=C(c4ccc(NC(=O)[C@H](C)CC(=O)[C@@H](NC(=O)CCOCCOCCOCCOCCOCCOCCOCCOCCNC(=O)CCN5C(=O)CC(C(C)C)C5=O)C(C)C)cc4)C[C@H]1C=N3)N=C[C@@H]1CC(c3ccc(N4CCN(C)CC4)cc3)=CN1C2=O. The second-order valence-electron chi connectivity index (χ2n) is 29.5. The molecule has 0 aromatic heterocycles. The van der Waals surface area contributed by atoms with Crippen molar-refractivity contribution in [2.75, 3.05) is 183 Å². The smallest absolute Gasteiger partial charge is 0.260 e. The molecule has 7 amide bonds. The number of imide groups is 1. The Hall–Kier alpha value is -9.30. The number of anilines is 2. The molecule has 0 bridgehead atoms. The Morgan fingerprint density at radius 2 is 1.04 bits per heavy atom. The number of carbonyl (C=O) groups is 8. The molecule has 0 spiro atoms. The third-order valence-corrected chi connectivity index (χ3v) is 20.4. The van der Waals surface area contributed by atoms with Crippen LogP contribution in [0.5, 0.6) is 17.2 Å². The number of likely N-dealkylation sites (tertiary alicyclic amines) is 1. The predicted octanol–water partition coefficient (Wildman–Crippen LogP) is 8.28. The lowest BCUT2D eigenvalue weighted by Gasteiger charge is -2.34. The lowest BCUT2D eigenvalue weighted by Crippen LogP contribution is -2.45. The molecule has 4 aromatic rings. The summed E-state index contributed by atoms with van der Waals surface area (Å²) in [4.78, 5) is 124. The van der Waals surface area contributed by atoms with E-state index in [1.807, 2.05) is 71.4 Å². The van der Waals surface area contributed by atoms with Crippen LogP contribution in [0, 0.1) is 30.6 Å². The Morgan fingerprint density at radius 1 is 0.549 bits per heavy atom. The molecule has 6 aliphatic heterocycles. The zero-order chi connectivity index (χ0) is 80.2. The van der Waals surface area contributed by atoms with E-state index < -0.39 is 12.0 Å². The molecule has 3 N–H and O–H groups in total. The highest BCUT2D eigenvalue weighted by molar-refractivity contribution is 6.07. The van der Waals surface area contributed by atoms with E-state index in [0.29, 0.717) is 177 Å². The summed E-state index contributed by atoms with van der Waals surface area (Å²) in [5.41, 5.74) is 8.43. The van der Waals surface area contributed by atoms with Crippen molar-refractivity contribution in [3.8, 4) is 17.2 Å². The van der Waals surface area contributed by atoms with Gasteiger partial charge in [-0.05, 0) is 90.0 Å². The quantitative estimate of drug-likeness (QED) is 0.0276. The van der Waals surface area contributed by atoms with Crippen molar-refractivity contribution in [2.45, 2.75) is 105 Å². The second-order valence-corrected chi connectivity index (χ2v) is 29.5. The van der Waals surface area contributed by atoms with Crippen molar-refractivity contribution in [3.63, 3.8) is 0 Å². The van der Waals surface area contributed by atoms with Gasteiger partial charge < -0.3 is 87.7 Å². The molecule has 2 fully saturated rings. The van der Waals surface area contributed by atoms with Gasteiger partial charge in [-0.15, -0.1) is 0 Å². The van der Waals surface area contributed by atoms with Gasteiger partial charge in [-0.2, -0.15) is 0 Å². The molecule has 0 aliphatic carbocycles. The number of ketones is 1. The van der Waals surface area contributed by atoms with Crippen LogP contribution in [0.15, 0.2) is 95.2 Å². The molecule has 5 atom stereocenters. The number of fused-ring (bicyclic) bond motifs is 4. The number of hydrogen-bond donors (Lipinski definition) is 3. The summed E-state index contributed by atoms with van der Waals surface area (Å²) in [5, 5.41) is 8.50.